The maximum absolute atomic E-state index is 12.9. The quantitative estimate of drug-likeness (QED) is 0.830. The first-order valence-corrected chi connectivity index (χ1v) is 9.62. The SMILES string of the molecule is CN(C(=O)c1ccc2c(c1)CCC2)[C@@H]1CC[C@@H](N2CCNC(=O)C2)[C@@H]1O. The number of aliphatic hydroxyl groups is 1. The third-order valence-electron chi connectivity index (χ3n) is 6.25. The van der Waals surface area contributed by atoms with Crippen molar-refractivity contribution in [3.8, 4) is 0 Å². The summed E-state index contributed by atoms with van der Waals surface area (Å²) in [5.74, 6) is -0.0183. The Morgan fingerprint density at radius 3 is 2.88 bits per heavy atom. The largest absolute Gasteiger partial charge is 0.389 e. The summed E-state index contributed by atoms with van der Waals surface area (Å²) >= 11 is 0. The van der Waals surface area contributed by atoms with Crippen molar-refractivity contribution >= 4 is 11.8 Å². The van der Waals surface area contributed by atoms with Gasteiger partial charge < -0.3 is 15.3 Å². The predicted octanol–water partition coefficient (Wildman–Crippen LogP) is 0.571. The number of fused-ring (bicyclic) bond motifs is 1. The van der Waals surface area contributed by atoms with Gasteiger partial charge in [-0.25, -0.2) is 0 Å². The molecule has 4 rings (SSSR count). The van der Waals surface area contributed by atoms with Gasteiger partial charge in [-0.2, -0.15) is 0 Å². The van der Waals surface area contributed by atoms with Crippen molar-refractivity contribution < 1.29 is 14.7 Å². The zero-order chi connectivity index (χ0) is 18.3. The summed E-state index contributed by atoms with van der Waals surface area (Å²) in [4.78, 5) is 28.3. The lowest BCUT2D eigenvalue weighted by molar-refractivity contribution is -0.125. The molecule has 6 heteroatoms. The molecule has 2 fully saturated rings. The highest BCUT2D eigenvalue weighted by Gasteiger charge is 2.42. The van der Waals surface area contributed by atoms with Crippen molar-refractivity contribution in [3.05, 3.63) is 34.9 Å². The highest BCUT2D eigenvalue weighted by atomic mass is 16.3. The van der Waals surface area contributed by atoms with Crippen molar-refractivity contribution in [1.29, 1.82) is 0 Å². The van der Waals surface area contributed by atoms with E-state index < -0.39 is 6.10 Å². The topological polar surface area (TPSA) is 72.9 Å². The number of likely N-dealkylation sites (N-methyl/N-ethyl adjacent to an activating group) is 1. The van der Waals surface area contributed by atoms with Gasteiger partial charge in [0.05, 0.1) is 18.7 Å². The van der Waals surface area contributed by atoms with Gasteiger partial charge in [0.15, 0.2) is 0 Å². The summed E-state index contributed by atoms with van der Waals surface area (Å²) in [7, 11) is 1.79. The zero-order valence-corrected chi connectivity index (χ0v) is 15.3. The van der Waals surface area contributed by atoms with Crippen LogP contribution in [0.25, 0.3) is 0 Å². The number of carbonyl (C=O) groups is 2. The second kappa shape index (κ2) is 7.00. The van der Waals surface area contributed by atoms with E-state index in [2.05, 4.69) is 16.3 Å². The lowest BCUT2D eigenvalue weighted by Crippen LogP contribution is -2.55. The van der Waals surface area contributed by atoms with E-state index in [0.29, 0.717) is 18.7 Å². The van der Waals surface area contributed by atoms with Crippen molar-refractivity contribution in [3.63, 3.8) is 0 Å². The van der Waals surface area contributed by atoms with Crippen LogP contribution in [0.2, 0.25) is 0 Å². The third-order valence-corrected chi connectivity index (χ3v) is 6.25. The molecular formula is C20H27N3O3. The molecule has 1 heterocycles. The average molecular weight is 357 g/mol. The monoisotopic (exact) mass is 357 g/mol. The molecule has 140 valence electrons. The number of hydrogen-bond acceptors (Lipinski definition) is 4. The van der Waals surface area contributed by atoms with Gasteiger partial charge in [-0.15, -0.1) is 0 Å². The van der Waals surface area contributed by atoms with Gasteiger partial charge >= 0.3 is 0 Å². The standard InChI is InChI=1S/C20H27N3O3/c1-22(20(26)15-6-5-13-3-2-4-14(13)11-15)16-7-8-17(19(16)25)23-10-9-21-18(24)12-23/h5-6,11,16-17,19,25H,2-4,7-10,12H2,1H3,(H,21,24)/t16-,17-,19-/m1/s1. The lowest BCUT2D eigenvalue weighted by Gasteiger charge is -2.36. The summed E-state index contributed by atoms with van der Waals surface area (Å²) < 4.78 is 0. The fourth-order valence-electron chi connectivity index (χ4n) is 4.76. The van der Waals surface area contributed by atoms with Crippen LogP contribution in [0, 0.1) is 0 Å². The molecule has 6 nitrogen and oxygen atoms in total. The maximum Gasteiger partial charge on any atom is 0.253 e. The van der Waals surface area contributed by atoms with E-state index in [-0.39, 0.29) is 23.9 Å². The van der Waals surface area contributed by atoms with E-state index >= 15 is 0 Å². The van der Waals surface area contributed by atoms with Gasteiger partial charge in [-0.05, 0) is 55.4 Å². The number of amides is 2. The van der Waals surface area contributed by atoms with Crippen LogP contribution in [-0.2, 0) is 17.6 Å². The fourth-order valence-corrected chi connectivity index (χ4v) is 4.76. The third kappa shape index (κ3) is 3.12. The maximum atomic E-state index is 12.9. The molecule has 1 saturated heterocycles. The van der Waals surface area contributed by atoms with Gasteiger partial charge in [0.1, 0.15) is 0 Å². The van der Waals surface area contributed by atoms with Gasteiger partial charge in [0, 0.05) is 31.7 Å². The molecular weight excluding hydrogens is 330 g/mol. The van der Waals surface area contributed by atoms with Crippen LogP contribution in [0.5, 0.6) is 0 Å². The zero-order valence-electron chi connectivity index (χ0n) is 15.3. The van der Waals surface area contributed by atoms with Crippen LogP contribution in [0.3, 0.4) is 0 Å². The van der Waals surface area contributed by atoms with Crippen LogP contribution in [0.15, 0.2) is 18.2 Å². The summed E-state index contributed by atoms with van der Waals surface area (Å²) in [5, 5.41) is 13.7. The Balaban J connectivity index is 1.45. The minimum Gasteiger partial charge on any atom is -0.389 e. The van der Waals surface area contributed by atoms with Crippen LogP contribution in [0.4, 0.5) is 0 Å². The minimum atomic E-state index is -0.621. The van der Waals surface area contributed by atoms with Crippen LogP contribution in [-0.4, -0.2) is 71.6 Å². The van der Waals surface area contributed by atoms with Gasteiger partial charge in [-0.3, -0.25) is 14.5 Å². The molecule has 1 aromatic carbocycles. The Bertz CT molecular complexity index is 720. The second-order valence-corrected chi connectivity index (χ2v) is 7.78. The number of nitrogens with zero attached hydrogens (tertiary/aromatic N) is 2. The van der Waals surface area contributed by atoms with Gasteiger partial charge in [-0.1, -0.05) is 6.07 Å². The molecule has 2 aliphatic carbocycles. The van der Waals surface area contributed by atoms with E-state index in [4.69, 9.17) is 0 Å². The summed E-state index contributed by atoms with van der Waals surface area (Å²) in [6.45, 7) is 1.70. The average Bonchev–Trinajstić information content (AvgIpc) is 3.26. The number of hydrogen-bond donors (Lipinski definition) is 2. The van der Waals surface area contributed by atoms with Crippen LogP contribution < -0.4 is 5.32 Å². The van der Waals surface area contributed by atoms with Gasteiger partial charge in [0.2, 0.25) is 5.91 Å². The molecule has 0 bridgehead atoms. The molecule has 1 saturated carbocycles. The first-order valence-electron chi connectivity index (χ1n) is 9.62. The molecule has 1 aliphatic heterocycles. The molecule has 3 aliphatic rings. The molecule has 3 atom stereocenters. The Morgan fingerprint density at radius 1 is 1.27 bits per heavy atom. The van der Waals surface area contributed by atoms with Crippen LogP contribution >= 0.6 is 0 Å². The van der Waals surface area contributed by atoms with Crippen molar-refractivity contribution in [2.45, 2.75) is 50.3 Å². The summed E-state index contributed by atoms with van der Waals surface area (Å²) in [6, 6.07) is 5.75. The highest BCUT2D eigenvalue weighted by molar-refractivity contribution is 5.94. The predicted molar refractivity (Wildman–Crippen MR) is 98.0 cm³/mol. The minimum absolute atomic E-state index is 0.00877. The van der Waals surface area contributed by atoms with Crippen molar-refractivity contribution in [2.75, 3.05) is 26.7 Å². The van der Waals surface area contributed by atoms with Crippen LogP contribution in [0.1, 0.15) is 40.7 Å². The molecule has 2 amide bonds. The second-order valence-electron chi connectivity index (χ2n) is 7.78. The van der Waals surface area contributed by atoms with E-state index in [9.17, 15) is 14.7 Å². The normalized spacial score (nSPS) is 28.7. The Labute approximate surface area is 154 Å². The Kier molecular flexibility index (Phi) is 4.71. The first-order chi connectivity index (χ1) is 12.5. The smallest absolute Gasteiger partial charge is 0.253 e. The Morgan fingerprint density at radius 2 is 2.08 bits per heavy atom. The van der Waals surface area contributed by atoms with Crippen molar-refractivity contribution in [1.82, 2.24) is 15.1 Å². The molecule has 0 spiro atoms. The van der Waals surface area contributed by atoms with E-state index in [1.54, 1.807) is 11.9 Å². The van der Waals surface area contributed by atoms with Gasteiger partial charge in [0.25, 0.3) is 5.91 Å². The molecule has 2 N–H and O–H groups in total. The number of benzene rings is 1. The van der Waals surface area contributed by atoms with E-state index in [0.717, 1.165) is 38.6 Å². The first kappa shape index (κ1) is 17.5. The van der Waals surface area contributed by atoms with Crippen molar-refractivity contribution in [2.24, 2.45) is 0 Å². The number of carbonyl (C=O) groups excluding carboxylic acids is 2. The number of aliphatic hydroxyl groups excluding tert-OH is 1. The fraction of sp³-hybridized carbons (Fsp3) is 0.600. The molecule has 26 heavy (non-hydrogen) atoms. The molecule has 0 radical (unpaired) electrons. The number of piperazine rings is 1. The molecule has 0 aromatic heterocycles. The lowest BCUT2D eigenvalue weighted by atomic mass is 10.0. The number of rotatable bonds is 3. The Hall–Kier alpha value is -1.92. The molecule has 1 aromatic rings. The summed E-state index contributed by atoms with van der Waals surface area (Å²) in [5.41, 5.74) is 3.35. The van der Waals surface area contributed by atoms with E-state index in [1.807, 2.05) is 12.1 Å². The molecule has 0 unspecified atom stereocenters. The highest BCUT2D eigenvalue weighted by Crippen LogP contribution is 2.30. The summed E-state index contributed by atoms with van der Waals surface area (Å²) in [6.07, 6.45) is 4.26. The number of aryl methyl sites for hydroxylation is 2. The van der Waals surface area contributed by atoms with E-state index in [1.165, 1.54) is 11.1 Å². The number of nitrogens with one attached hydrogen (secondary N) is 1.